The van der Waals surface area contributed by atoms with Gasteiger partial charge in [0, 0.05) is 12.7 Å². The summed E-state index contributed by atoms with van der Waals surface area (Å²) in [4.78, 5) is 9.29. The van der Waals surface area contributed by atoms with Crippen LogP contribution in [-0.4, -0.2) is 23.7 Å². The molecule has 0 spiro atoms. The van der Waals surface area contributed by atoms with Crippen molar-refractivity contribution in [2.24, 2.45) is 0 Å². The minimum Gasteiger partial charge on any atom is -0.302 e. The van der Waals surface area contributed by atoms with E-state index in [2.05, 4.69) is 4.98 Å². The minimum absolute atomic E-state index is 0.744. The van der Waals surface area contributed by atoms with Crippen LogP contribution in [0, 0.1) is 0 Å². The maximum absolute atomic E-state index is 5.10. The molecule has 0 aromatic carbocycles. The normalized spacial score (nSPS) is 10.6. The number of pyridine rings is 1. The first kappa shape index (κ1) is 9.16. The highest BCUT2D eigenvalue weighted by molar-refractivity contribution is 5.02. The maximum Gasteiger partial charge on any atom is 0.0664 e. The van der Waals surface area contributed by atoms with Gasteiger partial charge in [-0.2, -0.15) is 5.06 Å². The number of hydrogen-bond acceptors (Lipinski definition) is 3. The quantitative estimate of drug-likeness (QED) is 0.633. The second-order valence-electron chi connectivity index (χ2n) is 2.46. The molecule has 1 aromatic heterocycles. The van der Waals surface area contributed by atoms with Crippen molar-refractivity contribution in [3.05, 3.63) is 30.1 Å². The smallest absolute Gasteiger partial charge is 0.0664 e. The molecule has 0 radical (unpaired) electrons. The molecule has 3 nitrogen and oxygen atoms in total. The van der Waals surface area contributed by atoms with E-state index in [1.165, 1.54) is 0 Å². The molecular formula is C9H14N2O. The number of hydrogen-bond donors (Lipinski definition) is 0. The summed E-state index contributed by atoms with van der Waals surface area (Å²) in [5.74, 6) is 0. The predicted octanol–water partition coefficient (Wildman–Crippen LogP) is 1.46. The zero-order valence-corrected chi connectivity index (χ0v) is 7.53. The van der Waals surface area contributed by atoms with Gasteiger partial charge in [0.15, 0.2) is 0 Å². The van der Waals surface area contributed by atoms with Gasteiger partial charge in [0.05, 0.1) is 19.3 Å². The Kier molecular flexibility index (Phi) is 3.70. The first-order valence-electron chi connectivity index (χ1n) is 4.05. The predicted molar refractivity (Wildman–Crippen MR) is 47.3 cm³/mol. The van der Waals surface area contributed by atoms with Crippen molar-refractivity contribution in [1.82, 2.24) is 10.0 Å². The number of nitrogens with zero attached hydrogens (tertiary/aromatic N) is 2. The van der Waals surface area contributed by atoms with Crippen LogP contribution in [0.1, 0.15) is 12.6 Å². The van der Waals surface area contributed by atoms with Crippen LogP contribution in [0.15, 0.2) is 24.4 Å². The van der Waals surface area contributed by atoms with E-state index in [1.807, 2.05) is 30.2 Å². The molecule has 0 unspecified atom stereocenters. The molecule has 1 heterocycles. The van der Waals surface area contributed by atoms with Gasteiger partial charge in [-0.05, 0) is 12.1 Å². The molecule has 0 saturated carbocycles. The summed E-state index contributed by atoms with van der Waals surface area (Å²) in [6, 6.07) is 5.88. The molecule has 1 rings (SSSR count). The van der Waals surface area contributed by atoms with Crippen molar-refractivity contribution in [3.8, 4) is 0 Å². The van der Waals surface area contributed by atoms with E-state index in [4.69, 9.17) is 4.84 Å². The second kappa shape index (κ2) is 4.85. The summed E-state index contributed by atoms with van der Waals surface area (Å²) in [5, 5.41) is 1.85. The van der Waals surface area contributed by atoms with Crippen molar-refractivity contribution in [1.29, 1.82) is 0 Å². The molecule has 0 atom stereocenters. The summed E-state index contributed by atoms with van der Waals surface area (Å²) < 4.78 is 0. The number of aromatic nitrogens is 1. The average Bonchev–Trinajstić information content (AvgIpc) is 2.16. The van der Waals surface area contributed by atoms with Gasteiger partial charge in [-0.15, -0.1) is 0 Å². The lowest BCUT2D eigenvalue weighted by Gasteiger charge is -2.16. The highest BCUT2D eigenvalue weighted by atomic mass is 16.7. The number of rotatable bonds is 4. The van der Waals surface area contributed by atoms with E-state index in [-0.39, 0.29) is 0 Å². The fourth-order valence-corrected chi connectivity index (χ4v) is 0.978. The second-order valence-corrected chi connectivity index (χ2v) is 2.46. The summed E-state index contributed by atoms with van der Waals surface area (Å²) >= 11 is 0. The first-order valence-corrected chi connectivity index (χ1v) is 4.05. The maximum atomic E-state index is 5.10. The molecule has 3 heteroatoms. The topological polar surface area (TPSA) is 25.4 Å². The third-order valence-corrected chi connectivity index (χ3v) is 1.68. The molecule has 0 aliphatic rings. The largest absolute Gasteiger partial charge is 0.302 e. The zero-order chi connectivity index (χ0) is 8.81. The molecule has 0 bridgehead atoms. The molecule has 0 aliphatic carbocycles. The lowest BCUT2D eigenvalue weighted by atomic mass is 10.3. The summed E-state index contributed by atoms with van der Waals surface area (Å²) in [6.07, 6.45) is 1.79. The van der Waals surface area contributed by atoms with Crippen molar-refractivity contribution < 1.29 is 4.84 Å². The average molecular weight is 166 g/mol. The Morgan fingerprint density at radius 1 is 1.50 bits per heavy atom. The molecular weight excluding hydrogens is 152 g/mol. The van der Waals surface area contributed by atoms with Gasteiger partial charge in [0.2, 0.25) is 0 Å². The third-order valence-electron chi connectivity index (χ3n) is 1.68. The van der Waals surface area contributed by atoms with Gasteiger partial charge in [0.1, 0.15) is 0 Å². The van der Waals surface area contributed by atoms with Crippen LogP contribution in [0.4, 0.5) is 0 Å². The lowest BCUT2D eigenvalue weighted by molar-refractivity contribution is -0.135. The van der Waals surface area contributed by atoms with Gasteiger partial charge in [-0.1, -0.05) is 13.0 Å². The zero-order valence-electron chi connectivity index (χ0n) is 7.53. The Labute approximate surface area is 72.9 Å². The number of hydroxylamine groups is 2. The van der Waals surface area contributed by atoms with Crippen molar-refractivity contribution in [2.45, 2.75) is 13.5 Å². The minimum atomic E-state index is 0.744. The van der Waals surface area contributed by atoms with Crippen molar-refractivity contribution in [3.63, 3.8) is 0 Å². The molecule has 1 aromatic rings. The summed E-state index contributed by atoms with van der Waals surface area (Å²) in [5.41, 5.74) is 1.03. The highest BCUT2D eigenvalue weighted by Gasteiger charge is 2.00. The lowest BCUT2D eigenvalue weighted by Crippen LogP contribution is -2.21. The molecule has 0 aliphatic heterocycles. The van der Waals surface area contributed by atoms with Gasteiger partial charge in [-0.3, -0.25) is 4.98 Å². The Morgan fingerprint density at radius 2 is 2.33 bits per heavy atom. The van der Waals surface area contributed by atoms with Crippen LogP contribution in [0.5, 0.6) is 0 Å². The van der Waals surface area contributed by atoms with Gasteiger partial charge in [0.25, 0.3) is 0 Å². The SMILES string of the molecule is CCN(Cc1ccccn1)OC. The van der Waals surface area contributed by atoms with E-state index in [1.54, 1.807) is 13.3 Å². The van der Waals surface area contributed by atoms with E-state index in [0.29, 0.717) is 0 Å². The molecule has 66 valence electrons. The summed E-state index contributed by atoms with van der Waals surface area (Å²) in [6.45, 7) is 3.66. The Hall–Kier alpha value is -0.930. The monoisotopic (exact) mass is 166 g/mol. The van der Waals surface area contributed by atoms with Crippen LogP contribution in [0.3, 0.4) is 0 Å². The molecule has 0 amide bonds. The Bertz CT molecular complexity index is 209. The van der Waals surface area contributed by atoms with Crippen LogP contribution in [0.2, 0.25) is 0 Å². The van der Waals surface area contributed by atoms with E-state index < -0.39 is 0 Å². The molecule has 12 heavy (non-hydrogen) atoms. The van der Waals surface area contributed by atoms with Crippen molar-refractivity contribution in [2.75, 3.05) is 13.7 Å². The van der Waals surface area contributed by atoms with Gasteiger partial charge < -0.3 is 4.84 Å². The standard InChI is InChI=1S/C9H14N2O/c1-3-11(12-2)8-9-6-4-5-7-10-9/h4-7H,3,8H2,1-2H3. The van der Waals surface area contributed by atoms with Crippen LogP contribution in [0.25, 0.3) is 0 Å². The van der Waals surface area contributed by atoms with Crippen LogP contribution in [-0.2, 0) is 11.4 Å². The molecule has 0 N–H and O–H groups in total. The fourth-order valence-electron chi connectivity index (χ4n) is 0.978. The van der Waals surface area contributed by atoms with E-state index in [0.717, 1.165) is 18.8 Å². The summed E-state index contributed by atoms with van der Waals surface area (Å²) in [7, 11) is 1.67. The van der Waals surface area contributed by atoms with Crippen molar-refractivity contribution >= 4 is 0 Å². The fraction of sp³-hybridized carbons (Fsp3) is 0.444. The first-order chi connectivity index (χ1) is 5.86. The molecule has 0 fully saturated rings. The molecule has 0 saturated heterocycles. The van der Waals surface area contributed by atoms with E-state index >= 15 is 0 Å². The van der Waals surface area contributed by atoms with Gasteiger partial charge in [-0.25, -0.2) is 0 Å². The van der Waals surface area contributed by atoms with Gasteiger partial charge >= 0.3 is 0 Å². The van der Waals surface area contributed by atoms with E-state index in [9.17, 15) is 0 Å². The Morgan fingerprint density at radius 3 is 2.83 bits per heavy atom. The van der Waals surface area contributed by atoms with Crippen LogP contribution < -0.4 is 0 Å². The Balaban J connectivity index is 2.51. The highest BCUT2D eigenvalue weighted by Crippen LogP contribution is 1.99. The third kappa shape index (κ3) is 2.60. The van der Waals surface area contributed by atoms with Crippen LogP contribution >= 0.6 is 0 Å².